The van der Waals surface area contributed by atoms with Gasteiger partial charge in [-0.15, -0.1) is 0 Å². The first kappa shape index (κ1) is 19.8. The summed E-state index contributed by atoms with van der Waals surface area (Å²) in [4.78, 5) is 4.27. The second-order valence-electron chi connectivity index (χ2n) is 6.05. The first-order valence-electron chi connectivity index (χ1n) is 8.09. The van der Waals surface area contributed by atoms with Crippen LogP contribution in [0.15, 0.2) is 47.5 Å². The number of guanidine groups is 1. The van der Waals surface area contributed by atoms with Gasteiger partial charge in [-0.1, -0.05) is 30.3 Å². The van der Waals surface area contributed by atoms with Gasteiger partial charge in [0.25, 0.3) is 0 Å². The molecule has 3 N–H and O–H groups in total. The zero-order valence-electron chi connectivity index (χ0n) is 14.7. The van der Waals surface area contributed by atoms with Crippen molar-refractivity contribution in [2.75, 3.05) is 11.9 Å². The number of benzene rings is 2. The fourth-order valence-electron chi connectivity index (χ4n) is 2.21. The van der Waals surface area contributed by atoms with Crippen molar-refractivity contribution in [3.63, 3.8) is 0 Å². The average Bonchev–Trinajstić information content (AvgIpc) is 2.56. The summed E-state index contributed by atoms with van der Waals surface area (Å²) >= 11 is 0. The molecule has 0 radical (unpaired) electrons. The van der Waals surface area contributed by atoms with Crippen LogP contribution in [0.25, 0.3) is 0 Å². The Kier molecular flexibility index (Phi) is 6.63. The fourth-order valence-corrected chi connectivity index (χ4v) is 2.21. The molecule has 0 aliphatic rings. The standard InChI is InChI=1S/C19H22F3N3O/c1-13-3-8-17(9-14(13)2)25-18(23)24-10-15-4-6-16(7-5-15)11-26-12-19(20,21)22/h3-9H,10-12H2,1-2H3,(H3,23,24,25). The first-order valence-corrected chi connectivity index (χ1v) is 8.09. The van der Waals surface area contributed by atoms with Crippen molar-refractivity contribution in [3.05, 3.63) is 64.7 Å². The molecule has 0 aromatic heterocycles. The third-order valence-electron chi connectivity index (χ3n) is 3.77. The highest BCUT2D eigenvalue weighted by atomic mass is 19.4. The Labute approximate surface area is 150 Å². The largest absolute Gasteiger partial charge is 0.411 e. The number of nitrogens with one attached hydrogen (secondary N) is 1. The number of rotatable bonds is 6. The number of alkyl halides is 3. The van der Waals surface area contributed by atoms with Gasteiger partial charge in [0.05, 0.1) is 13.2 Å². The van der Waals surface area contributed by atoms with Gasteiger partial charge in [0.2, 0.25) is 0 Å². The molecule has 0 bridgehead atoms. The van der Waals surface area contributed by atoms with Crippen molar-refractivity contribution >= 4 is 11.6 Å². The minimum absolute atomic E-state index is 0.0838. The molecule has 2 aromatic carbocycles. The molecule has 0 aliphatic heterocycles. The predicted octanol–water partition coefficient (Wildman–Crippen LogP) is 4.31. The summed E-state index contributed by atoms with van der Waals surface area (Å²) in [6.07, 6.45) is -4.31. The lowest BCUT2D eigenvalue weighted by molar-refractivity contribution is -0.176. The Morgan fingerprint density at radius 2 is 1.69 bits per heavy atom. The zero-order valence-corrected chi connectivity index (χ0v) is 14.7. The number of hydrogen-bond acceptors (Lipinski definition) is 2. The number of aryl methyl sites for hydroxylation is 2. The van der Waals surface area contributed by atoms with Crippen LogP contribution < -0.4 is 11.1 Å². The molecule has 0 saturated carbocycles. The van der Waals surface area contributed by atoms with Gasteiger partial charge in [-0.25, -0.2) is 4.99 Å². The van der Waals surface area contributed by atoms with Crippen LogP contribution in [-0.4, -0.2) is 18.7 Å². The van der Waals surface area contributed by atoms with Crippen LogP contribution in [0, 0.1) is 13.8 Å². The van der Waals surface area contributed by atoms with Crippen molar-refractivity contribution in [2.24, 2.45) is 10.7 Å². The van der Waals surface area contributed by atoms with Crippen LogP contribution in [0.3, 0.4) is 0 Å². The molecule has 0 amide bonds. The second-order valence-corrected chi connectivity index (χ2v) is 6.05. The Balaban J connectivity index is 1.85. The maximum Gasteiger partial charge on any atom is 0.411 e. The van der Waals surface area contributed by atoms with Gasteiger partial charge in [0.15, 0.2) is 5.96 Å². The molecule has 0 fully saturated rings. The number of hydrogen-bond donors (Lipinski definition) is 2. The third kappa shape index (κ3) is 6.76. The van der Waals surface area contributed by atoms with E-state index in [4.69, 9.17) is 5.73 Å². The summed E-state index contributed by atoms with van der Waals surface area (Å²) in [7, 11) is 0. The summed E-state index contributed by atoms with van der Waals surface area (Å²) < 4.78 is 40.7. The SMILES string of the molecule is Cc1ccc(NC(N)=NCc2ccc(COCC(F)(F)F)cc2)cc1C. The number of anilines is 1. The number of nitrogens with two attached hydrogens (primary N) is 1. The van der Waals surface area contributed by atoms with Crippen molar-refractivity contribution in [2.45, 2.75) is 33.2 Å². The van der Waals surface area contributed by atoms with E-state index in [1.807, 2.05) is 32.0 Å². The molecular formula is C19H22F3N3O. The van der Waals surface area contributed by atoms with Crippen molar-refractivity contribution < 1.29 is 17.9 Å². The smallest absolute Gasteiger partial charge is 0.370 e. The van der Waals surface area contributed by atoms with Gasteiger partial charge < -0.3 is 15.8 Å². The minimum Gasteiger partial charge on any atom is -0.370 e. The number of nitrogens with zero attached hydrogens (tertiary/aromatic N) is 1. The third-order valence-corrected chi connectivity index (χ3v) is 3.77. The lowest BCUT2D eigenvalue weighted by Crippen LogP contribution is -2.22. The Morgan fingerprint density at radius 3 is 2.31 bits per heavy atom. The number of halogens is 3. The minimum atomic E-state index is -4.31. The summed E-state index contributed by atoms with van der Waals surface area (Å²) in [6, 6.07) is 12.9. The summed E-state index contributed by atoms with van der Waals surface area (Å²) in [5.74, 6) is 0.297. The molecule has 26 heavy (non-hydrogen) atoms. The van der Waals surface area contributed by atoms with E-state index in [0.717, 1.165) is 16.8 Å². The quantitative estimate of drug-likeness (QED) is 0.592. The van der Waals surface area contributed by atoms with E-state index in [1.165, 1.54) is 5.56 Å². The molecular weight excluding hydrogens is 343 g/mol. The van der Waals surface area contributed by atoms with Crippen LogP contribution in [-0.2, 0) is 17.9 Å². The molecule has 0 aliphatic carbocycles. The van der Waals surface area contributed by atoms with E-state index in [1.54, 1.807) is 24.3 Å². The lowest BCUT2D eigenvalue weighted by Gasteiger charge is -2.09. The zero-order chi connectivity index (χ0) is 19.2. The molecule has 7 heteroatoms. The maximum absolute atomic E-state index is 12.0. The highest BCUT2D eigenvalue weighted by Crippen LogP contribution is 2.16. The first-order chi connectivity index (χ1) is 12.2. The highest BCUT2D eigenvalue weighted by Gasteiger charge is 2.27. The summed E-state index contributed by atoms with van der Waals surface area (Å²) in [5.41, 5.74) is 10.7. The van der Waals surface area contributed by atoms with Gasteiger partial charge in [0.1, 0.15) is 6.61 Å². The highest BCUT2D eigenvalue weighted by molar-refractivity contribution is 5.92. The van der Waals surface area contributed by atoms with E-state index < -0.39 is 12.8 Å². The van der Waals surface area contributed by atoms with Crippen molar-refractivity contribution in [3.8, 4) is 0 Å². The second kappa shape index (κ2) is 8.71. The van der Waals surface area contributed by atoms with Crippen molar-refractivity contribution in [1.29, 1.82) is 0 Å². The maximum atomic E-state index is 12.0. The lowest BCUT2D eigenvalue weighted by atomic mass is 10.1. The normalized spacial score (nSPS) is 12.3. The van der Waals surface area contributed by atoms with Crippen LogP contribution in [0.4, 0.5) is 18.9 Å². The predicted molar refractivity (Wildman–Crippen MR) is 97.0 cm³/mol. The monoisotopic (exact) mass is 365 g/mol. The van der Waals surface area contributed by atoms with E-state index in [-0.39, 0.29) is 6.61 Å². The molecule has 0 spiro atoms. The average molecular weight is 365 g/mol. The Bertz CT molecular complexity index is 756. The number of ether oxygens (including phenoxy) is 1. The molecule has 0 atom stereocenters. The van der Waals surface area contributed by atoms with Gasteiger partial charge in [-0.2, -0.15) is 13.2 Å². The van der Waals surface area contributed by atoms with E-state index >= 15 is 0 Å². The topological polar surface area (TPSA) is 59.6 Å². The van der Waals surface area contributed by atoms with Crippen LogP contribution in [0.2, 0.25) is 0 Å². The Morgan fingerprint density at radius 1 is 1.04 bits per heavy atom. The van der Waals surface area contributed by atoms with Crippen molar-refractivity contribution in [1.82, 2.24) is 0 Å². The van der Waals surface area contributed by atoms with Gasteiger partial charge >= 0.3 is 6.18 Å². The molecule has 0 saturated heterocycles. The molecule has 140 valence electrons. The van der Waals surface area contributed by atoms with E-state index in [9.17, 15) is 13.2 Å². The molecule has 0 unspecified atom stereocenters. The molecule has 2 rings (SSSR count). The fraction of sp³-hybridized carbons (Fsp3) is 0.316. The van der Waals surface area contributed by atoms with Crippen LogP contribution >= 0.6 is 0 Å². The van der Waals surface area contributed by atoms with Gasteiger partial charge in [-0.3, -0.25) is 0 Å². The van der Waals surface area contributed by atoms with Crippen LogP contribution in [0.1, 0.15) is 22.3 Å². The van der Waals surface area contributed by atoms with Crippen LogP contribution in [0.5, 0.6) is 0 Å². The molecule has 4 nitrogen and oxygen atoms in total. The molecule has 0 heterocycles. The Hall–Kier alpha value is -2.54. The van der Waals surface area contributed by atoms with E-state index in [2.05, 4.69) is 15.0 Å². The van der Waals surface area contributed by atoms with Gasteiger partial charge in [0, 0.05) is 5.69 Å². The van der Waals surface area contributed by atoms with Gasteiger partial charge in [-0.05, 0) is 48.2 Å². The summed E-state index contributed by atoms with van der Waals surface area (Å²) in [5, 5.41) is 3.03. The summed E-state index contributed by atoms with van der Waals surface area (Å²) in [6.45, 7) is 3.09. The van der Waals surface area contributed by atoms with E-state index in [0.29, 0.717) is 18.1 Å². The molecule has 2 aromatic rings. The number of aliphatic imine (C=N–C) groups is 1.